The molecule has 0 radical (unpaired) electrons. The number of piperidine rings is 1. The molecule has 2 aliphatic heterocycles. The van der Waals surface area contributed by atoms with Crippen LogP contribution >= 0.6 is 28.3 Å². The van der Waals surface area contributed by atoms with Crippen LogP contribution in [0.25, 0.3) is 0 Å². The fourth-order valence-corrected chi connectivity index (χ4v) is 3.29. The van der Waals surface area contributed by atoms with Crippen LogP contribution in [0.4, 0.5) is 0 Å². The van der Waals surface area contributed by atoms with Crippen LogP contribution in [-0.4, -0.2) is 37.7 Å². The van der Waals surface area contributed by atoms with E-state index in [1.54, 1.807) is 12.1 Å². The highest BCUT2D eigenvalue weighted by atomic mass is 79.9. The molecule has 0 aromatic heterocycles. The molecule has 1 aromatic rings. The average Bonchev–Trinajstić information content (AvgIpc) is 2.49. The van der Waals surface area contributed by atoms with Crippen LogP contribution in [0.2, 0.25) is 0 Å². The van der Waals surface area contributed by atoms with E-state index < -0.39 is 0 Å². The van der Waals surface area contributed by atoms with Gasteiger partial charge in [0.1, 0.15) is 13.2 Å². The molecule has 2 N–H and O–H groups in total. The largest absolute Gasteiger partial charge is 0.486 e. The van der Waals surface area contributed by atoms with Gasteiger partial charge in [-0.2, -0.15) is 0 Å². The first kappa shape index (κ1) is 17.4. The van der Waals surface area contributed by atoms with Crippen molar-refractivity contribution < 1.29 is 14.3 Å². The van der Waals surface area contributed by atoms with Gasteiger partial charge in [-0.3, -0.25) is 4.79 Å². The van der Waals surface area contributed by atoms with E-state index in [4.69, 9.17) is 9.47 Å². The van der Waals surface area contributed by atoms with Crippen molar-refractivity contribution in [2.75, 3.05) is 19.8 Å². The normalized spacial score (nSPS) is 23.4. The summed E-state index contributed by atoms with van der Waals surface area (Å²) in [5, 5.41) is 6.48. The number of rotatable bonds is 2. The summed E-state index contributed by atoms with van der Waals surface area (Å²) in [7, 11) is 0. The van der Waals surface area contributed by atoms with E-state index in [0.717, 1.165) is 23.9 Å². The van der Waals surface area contributed by atoms with Gasteiger partial charge in [-0.15, -0.1) is 12.4 Å². The number of hydrogen-bond acceptors (Lipinski definition) is 4. The second kappa shape index (κ2) is 7.53. The molecule has 5 nitrogen and oxygen atoms in total. The third-order valence-corrected chi connectivity index (χ3v) is 4.53. The molecule has 3 rings (SSSR count). The minimum atomic E-state index is -0.0757. The summed E-state index contributed by atoms with van der Waals surface area (Å²) in [5.41, 5.74) is 0.587. The summed E-state index contributed by atoms with van der Waals surface area (Å²) in [6, 6.07) is 3.99. The Labute approximate surface area is 144 Å². The Kier molecular flexibility index (Phi) is 5.94. The molecule has 0 aliphatic carbocycles. The number of halogens is 2. The highest BCUT2D eigenvalue weighted by Crippen LogP contribution is 2.38. The van der Waals surface area contributed by atoms with E-state index in [-0.39, 0.29) is 24.4 Å². The summed E-state index contributed by atoms with van der Waals surface area (Å²) in [6.45, 7) is 4.16. The maximum Gasteiger partial charge on any atom is 0.251 e. The van der Waals surface area contributed by atoms with E-state index >= 15 is 0 Å². The van der Waals surface area contributed by atoms with Gasteiger partial charge < -0.3 is 20.1 Å². The predicted octanol–water partition coefficient (Wildman–Crippen LogP) is 2.51. The summed E-state index contributed by atoms with van der Waals surface area (Å²) >= 11 is 3.44. The third-order valence-electron chi connectivity index (χ3n) is 3.94. The number of carbonyl (C=O) groups excluding carboxylic acids is 1. The van der Waals surface area contributed by atoms with Crippen LogP contribution in [0.15, 0.2) is 16.6 Å². The number of nitrogens with one attached hydrogen (secondary N) is 2. The van der Waals surface area contributed by atoms with Crippen LogP contribution in [0.1, 0.15) is 30.1 Å². The van der Waals surface area contributed by atoms with Gasteiger partial charge in [0, 0.05) is 17.6 Å². The minimum Gasteiger partial charge on any atom is -0.486 e. The standard InChI is InChI=1S/C15H19BrN2O3.ClH/c1-9-12(3-2-4-17-9)18-15(19)10-7-11(16)14-13(8-10)20-5-6-21-14;/h7-9,12,17H,2-6H2,1H3,(H,18,19);1H. The second-order valence-corrected chi connectivity index (χ2v) is 6.30. The topological polar surface area (TPSA) is 59.6 Å². The van der Waals surface area contributed by atoms with E-state index in [1.807, 2.05) is 0 Å². The number of ether oxygens (including phenoxy) is 2. The molecule has 7 heteroatoms. The van der Waals surface area contributed by atoms with Crippen molar-refractivity contribution in [3.05, 3.63) is 22.2 Å². The molecule has 0 spiro atoms. The average molecular weight is 392 g/mol. The van der Waals surface area contributed by atoms with Crippen LogP contribution in [0.3, 0.4) is 0 Å². The molecule has 2 atom stereocenters. The van der Waals surface area contributed by atoms with E-state index in [2.05, 4.69) is 33.5 Å². The zero-order valence-electron chi connectivity index (χ0n) is 12.4. The highest BCUT2D eigenvalue weighted by Gasteiger charge is 2.24. The van der Waals surface area contributed by atoms with Crippen molar-refractivity contribution in [1.82, 2.24) is 10.6 Å². The van der Waals surface area contributed by atoms with Crippen LogP contribution < -0.4 is 20.1 Å². The summed E-state index contributed by atoms with van der Waals surface area (Å²) in [6.07, 6.45) is 2.09. The Balaban J connectivity index is 0.00000176. The van der Waals surface area contributed by atoms with E-state index in [1.165, 1.54) is 0 Å². The number of fused-ring (bicyclic) bond motifs is 1. The van der Waals surface area contributed by atoms with Gasteiger partial charge in [-0.1, -0.05) is 0 Å². The predicted molar refractivity (Wildman–Crippen MR) is 90.3 cm³/mol. The lowest BCUT2D eigenvalue weighted by Gasteiger charge is -2.30. The highest BCUT2D eigenvalue weighted by molar-refractivity contribution is 9.10. The van der Waals surface area contributed by atoms with Gasteiger partial charge in [0.25, 0.3) is 5.91 Å². The molecule has 122 valence electrons. The third kappa shape index (κ3) is 3.67. The van der Waals surface area contributed by atoms with Crippen LogP contribution in [0.5, 0.6) is 11.5 Å². The van der Waals surface area contributed by atoms with Gasteiger partial charge >= 0.3 is 0 Å². The number of amides is 1. The van der Waals surface area contributed by atoms with Crippen molar-refractivity contribution in [2.45, 2.75) is 31.8 Å². The molecule has 2 heterocycles. The maximum absolute atomic E-state index is 12.4. The molecule has 0 saturated carbocycles. The fraction of sp³-hybridized carbons (Fsp3) is 0.533. The zero-order valence-corrected chi connectivity index (χ0v) is 14.8. The quantitative estimate of drug-likeness (QED) is 0.813. The maximum atomic E-state index is 12.4. The van der Waals surface area contributed by atoms with Crippen LogP contribution in [-0.2, 0) is 0 Å². The molecule has 2 unspecified atom stereocenters. The Hall–Kier alpha value is -0.980. The SMILES string of the molecule is CC1NCCCC1NC(=O)c1cc(Br)c2c(c1)OCCO2.Cl. The molecule has 22 heavy (non-hydrogen) atoms. The number of carbonyl (C=O) groups is 1. The first-order valence-electron chi connectivity index (χ1n) is 7.28. The van der Waals surface area contributed by atoms with Crippen molar-refractivity contribution in [2.24, 2.45) is 0 Å². The first-order valence-corrected chi connectivity index (χ1v) is 8.08. The molecule has 0 bridgehead atoms. The molecular formula is C15H20BrClN2O3. The molecule has 1 amide bonds. The van der Waals surface area contributed by atoms with Gasteiger partial charge in [0.15, 0.2) is 11.5 Å². The zero-order chi connectivity index (χ0) is 14.8. The second-order valence-electron chi connectivity index (χ2n) is 5.45. The van der Waals surface area contributed by atoms with E-state index in [0.29, 0.717) is 36.3 Å². The monoisotopic (exact) mass is 390 g/mol. The van der Waals surface area contributed by atoms with Gasteiger partial charge in [-0.05, 0) is 54.4 Å². The summed E-state index contributed by atoms with van der Waals surface area (Å²) < 4.78 is 11.9. The van der Waals surface area contributed by atoms with Crippen molar-refractivity contribution >= 4 is 34.2 Å². The Morgan fingerprint density at radius 1 is 1.36 bits per heavy atom. The van der Waals surface area contributed by atoms with Crippen LogP contribution in [0, 0.1) is 0 Å². The molecule has 1 saturated heterocycles. The van der Waals surface area contributed by atoms with Gasteiger partial charge in [-0.25, -0.2) is 0 Å². The van der Waals surface area contributed by atoms with Crippen molar-refractivity contribution in [3.63, 3.8) is 0 Å². The smallest absolute Gasteiger partial charge is 0.251 e. The number of benzene rings is 1. The van der Waals surface area contributed by atoms with Gasteiger partial charge in [0.2, 0.25) is 0 Å². The Morgan fingerprint density at radius 3 is 2.91 bits per heavy atom. The van der Waals surface area contributed by atoms with E-state index in [9.17, 15) is 4.79 Å². The van der Waals surface area contributed by atoms with Crippen molar-refractivity contribution in [1.29, 1.82) is 0 Å². The number of hydrogen-bond donors (Lipinski definition) is 2. The van der Waals surface area contributed by atoms with Gasteiger partial charge in [0.05, 0.1) is 4.47 Å². The Bertz CT molecular complexity index is 556. The first-order chi connectivity index (χ1) is 10.1. The van der Waals surface area contributed by atoms with Crippen molar-refractivity contribution in [3.8, 4) is 11.5 Å². The summed E-state index contributed by atoms with van der Waals surface area (Å²) in [5.74, 6) is 1.22. The summed E-state index contributed by atoms with van der Waals surface area (Å²) in [4.78, 5) is 12.4. The lowest BCUT2D eigenvalue weighted by atomic mass is 9.99. The molecular weight excluding hydrogens is 372 g/mol. The lowest BCUT2D eigenvalue weighted by molar-refractivity contribution is 0.0918. The molecule has 1 aromatic carbocycles. The minimum absolute atomic E-state index is 0. The molecule has 2 aliphatic rings. The fourth-order valence-electron chi connectivity index (χ4n) is 2.73. The Morgan fingerprint density at radius 2 is 2.14 bits per heavy atom. The lowest BCUT2D eigenvalue weighted by Crippen LogP contribution is -2.51. The molecule has 1 fully saturated rings.